The Kier molecular flexibility index (Phi) is 3.43. The van der Waals surface area contributed by atoms with Crippen molar-refractivity contribution >= 4 is 23.2 Å². The molecule has 6 heteroatoms. The van der Waals surface area contributed by atoms with Crippen LogP contribution >= 0.6 is 11.6 Å². The van der Waals surface area contributed by atoms with Crippen LogP contribution in [-0.4, -0.2) is 17.6 Å². The third kappa shape index (κ3) is 2.52. The highest BCUT2D eigenvalue weighted by Gasteiger charge is 2.29. The summed E-state index contributed by atoms with van der Waals surface area (Å²) in [6, 6.07) is 11.3. The fraction of sp³-hybridized carbons (Fsp3) is 0.133. The molecule has 21 heavy (non-hydrogen) atoms. The van der Waals surface area contributed by atoms with E-state index in [1.54, 1.807) is 23.1 Å². The first-order valence-electron chi connectivity index (χ1n) is 6.39. The second kappa shape index (κ2) is 5.26. The SMILES string of the molecule is NC1=NCC(c2ccc(O)c(F)c2)N1c1cccc(Cl)c1. The number of phenolic OH excluding ortho intramolecular Hbond substituents is 1. The fourth-order valence-electron chi connectivity index (χ4n) is 2.42. The lowest BCUT2D eigenvalue weighted by Crippen LogP contribution is -2.36. The van der Waals surface area contributed by atoms with E-state index in [9.17, 15) is 9.50 Å². The van der Waals surface area contributed by atoms with Gasteiger partial charge in [-0.05, 0) is 35.9 Å². The van der Waals surface area contributed by atoms with Crippen LogP contribution in [0.2, 0.25) is 5.02 Å². The van der Waals surface area contributed by atoms with Crippen LogP contribution in [0.25, 0.3) is 0 Å². The summed E-state index contributed by atoms with van der Waals surface area (Å²) in [7, 11) is 0. The maximum atomic E-state index is 13.6. The molecule has 0 fully saturated rings. The van der Waals surface area contributed by atoms with Crippen LogP contribution in [0.1, 0.15) is 11.6 Å². The molecule has 1 unspecified atom stereocenters. The monoisotopic (exact) mass is 305 g/mol. The van der Waals surface area contributed by atoms with Crippen molar-refractivity contribution in [3.63, 3.8) is 0 Å². The lowest BCUT2D eigenvalue weighted by Gasteiger charge is -2.26. The van der Waals surface area contributed by atoms with E-state index in [1.165, 1.54) is 12.1 Å². The quantitative estimate of drug-likeness (QED) is 0.896. The summed E-state index contributed by atoms with van der Waals surface area (Å²) >= 11 is 6.01. The minimum atomic E-state index is -0.663. The predicted octanol–water partition coefficient (Wildman–Crippen LogP) is 3.06. The van der Waals surface area contributed by atoms with Crippen molar-refractivity contribution in [2.24, 2.45) is 10.7 Å². The molecule has 3 N–H and O–H groups in total. The highest BCUT2D eigenvalue weighted by molar-refractivity contribution is 6.30. The fourth-order valence-corrected chi connectivity index (χ4v) is 2.61. The molecule has 0 saturated carbocycles. The van der Waals surface area contributed by atoms with E-state index >= 15 is 0 Å². The lowest BCUT2D eigenvalue weighted by molar-refractivity contribution is 0.431. The Balaban J connectivity index is 2.00. The molecule has 0 saturated heterocycles. The van der Waals surface area contributed by atoms with Crippen molar-refractivity contribution in [1.29, 1.82) is 0 Å². The van der Waals surface area contributed by atoms with Crippen molar-refractivity contribution < 1.29 is 9.50 Å². The van der Waals surface area contributed by atoms with Gasteiger partial charge in [-0.3, -0.25) is 4.99 Å². The van der Waals surface area contributed by atoms with E-state index in [0.29, 0.717) is 23.1 Å². The topological polar surface area (TPSA) is 61.9 Å². The summed E-state index contributed by atoms with van der Waals surface area (Å²) in [6.07, 6.45) is 0. The third-order valence-corrected chi connectivity index (χ3v) is 3.66. The smallest absolute Gasteiger partial charge is 0.196 e. The molecule has 0 aromatic heterocycles. The van der Waals surface area contributed by atoms with Crippen LogP contribution in [0.5, 0.6) is 5.75 Å². The number of nitrogens with zero attached hydrogens (tertiary/aromatic N) is 2. The van der Waals surface area contributed by atoms with Crippen molar-refractivity contribution in [2.75, 3.05) is 11.4 Å². The summed E-state index contributed by atoms with van der Waals surface area (Å²) in [5, 5.41) is 9.88. The maximum Gasteiger partial charge on any atom is 0.196 e. The Morgan fingerprint density at radius 1 is 1.29 bits per heavy atom. The number of benzene rings is 2. The van der Waals surface area contributed by atoms with Crippen molar-refractivity contribution in [3.05, 3.63) is 58.9 Å². The first kappa shape index (κ1) is 13.7. The van der Waals surface area contributed by atoms with Gasteiger partial charge in [0.25, 0.3) is 0 Å². The van der Waals surface area contributed by atoms with Crippen LogP contribution in [-0.2, 0) is 0 Å². The summed E-state index contributed by atoms with van der Waals surface area (Å²) in [6.45, 7) is 0.419. The van der Waals surface area contributed by atoms with Crippen molar-refractivity contribution in [3.8, 4) is 5.75 Å². The first-order valence-corrected chi connectivity index (χ1v) is 6.77. The lowest BCUT2D eigenvalue weighted by atomic mass is 10.1. The van der Waals surface area contributed by atoms with E-state index in [0.717, 1.165) is 5.69 Å². The van der Waals surface area contributed by atoms with Gasteiger partial charge >= 0.3 is 0 Å². The molecule has 1 aliphatic rings. The number of anilines is 1. The molecule has 0 bridgehead atoms. The molecule has 2 aromatic carbocycles. The Bertz CT molecular complexity index is 720. The average Bonchev–Trinajstić information content (AvgIpc) is 2.84. The van der Waals surface area contributed by atoms with E-state index in [4.69, 9.17) is 17.3 Å². The summed E-state index contributed by atoms with van der Waals surface area (Å²) in [4.78, 5) is 6.03. The zero-order valence-corrected chi connectivity index (χ0v) is 11.8. The Morgan fingerprint density at radius 3 is 2.81 bits per heavy atom. The van der Waals surface area contributed by atoms with Gasteiger partial charge < -0.3 is 15.7 Å². The Morgan fingerprint density at radius 2 is 2.10 bits per heavy atom. The molecular weight excluding hydrogens is 293 g/mol. The Hall–Kier alpha value is -2.27. The molecule has 0 spiro atoms. The first-order chi connectivity index (χ1) is 10.1. The van der Waals surface area contributed by atoms with Crippen LogP contribution in [0.3, 0.4) is 0 Å². The molecule has 0 amide bonds. The Labute approximate surface area is 126 Å². The van der Waals surface area contributed by atoms with E-state index < -0.39 is 5.82 Å². The molecule has 1 aliphatic heterocycles. The van der Waals surface area contributed by atoms with E-state index in [2.05, 4.69) is 4.99 Å². The average molecular weight is 306 g/mol. The second-order valence-electron chi connectivity index (χ2n) is 4.78. The number of aromatic hydroxyl groups is 1. The molecule has 4 nitrogen and oxygen atoms in total. The van der Waals surface area contributed by atoms with Gasteiger partial charge in [-0.15, -0.1) is 0 Å². The number of phenols is 1. The van der Waals surface area contributed by atoms with Gasteiger partial charge in [-0.1, -0.05) is 23.7 Å². The normalized spacial score (nSPS) is 17.9. The van der Waals surface area contributed by atoms with Gasteiger partial charge in [-0.2, -0.15) is 0 Å². The molecule has 0 aliphatic carbocycles. The number of guanidine groups is 1. The van der Waals surface area contributed by atoms with Crippen LogP contribution < -0.4 is 10.6 Å². The van der Waals surface area contributed by atoms with Gasteiger partial charge in [0.2, 0.25) is 0 Å². The third-order valence-electron chi connectivity index (χ3n) is 3.43. The van der Waals surface area contributed by atoms with Gasteiger partial charge in [0, 0.05) is 10.7 Å². The standard InChI is InChI=1S/C15H13ClFN3O/c16-10-2-1-3-11(7-10)20-13(8-19-15(20)18)9-4-5-14(21)12(17)6-9/h1-7,13,21H,8H2,(H2,18,19). The highest BCUT2D eigenvalue weighted by atomic mass is 35.5. The van der Waals surface area contributed by atoms with Crippen LogP contribution in [0.15, 0.2) is 47.5 Å². The molecule has 0 radical (unpaired) electrons. The van der Waals surface area contributed by atoms with Gasteiger partial charge in [0.05, 0.1) is 12.6 Å². The van der Waals surface area contributed by atoms with E-state index in [1.807, 2.05) is 12.1 Å². The molecule has 1 heterocycles. The minimum Gasteiger partial charge on any atom is -0.505 e. The second-order valence-corrected chi connectivity index (χ2v) is 5.21. The van der Waals surface area contributed by atoms with Gasteiger partial charge in [0.1, 0.15) is 0 Å². The molecule has 1 atom stereocenters. The van der Waals surface area contributed by atoms with Crippen LogP contribution in [0, 0.1) is 5.82 Å². The zero-order chi connectivity index (χ0) is 15.0. The van der Waals surface area contributed by atoms with Crippen molar-refractivity contribution in [1.82, 2.24) is 0 Å². The summed E-state index contributed by atoms with van der Waals surface area (Å²) < 4.78 is 13.6. The number of rotatable bonds is 2. The number of hydrogen-bond acceptors (Lipinski definition) is 4. The molecule has 3 rings (SSSR count). The summed E-state index contributed by atoms with van der Waals surface area (Å²) in [5.41, 5.74) is 7.43. The van der Waals surface area contributed by atoms with Gasteiger partial charge in [-0.25, -0.2) is 4.39 Å². The molecular formula is C15H13ClFN3O. The van der Waals surface area contributed by atoms with Gasteiger partial charge in [0.15, 0.2) is 17.5 Å². The largest absolute Gasteiger partial charge is 0.505 e. The van der Waals surface area contributed by atoms with Crippen molar-refractivity contribution in [2.45, 2.75) is 6.04 Å². The molecule has 108 valence electrons. The number of nitrogens with two attached hydrogens (primary N) is 1. The number of halogens is 2. The maximum absolute atomic E-state index is 13.6. The van der Waals surface area contributed by atoms with E-state index in [-0.39, 0.29) is 11.8 Å². The molecule has 2 aromatic rings. The number of hydrogen-bond donors (Lipinski definition) is 2. The highest BCUT2D eigenvalue weighted by Crippen LogP contribution is 2.33. The predicted molar refractivity (Wildman–Crippen MR) is 81.2 cm³/mol. The summed E-state index contributed by atoms with van der Waals surface area (Å²) in [5.74, 6) is -0.681. The minimum absolute atomic E-state index is 0.224. The van der Waals surface area contributed by atoms with Crippen LogP contribution in [0.4, 0.5) is 10.1 Å². The number of aliphatic imine (C=N–C) groups is 1. The zero-order valence-electron chi connectivity index (χ0n) is 11.0.